The number of ether oxygens (including phenoxy) is 1. The number of hydrogen-bond acceptors (Lipinski definition) is 5. The molecule has 0 saturated carbocycles. The molecule has 0 atom stereocenters. The van der Waals surface area contributed by atoms with Crippen molar-refractivity contribution in [2.75, 3.05) is 18.6 Å². The minimum atomic E-state index is 0.520. The van der Waals surface area contributed by atoms with Crippen LogP contribution in [-0.4, -0.2) is 23.6 Å². The maximum absolute atomic E-state index is 5.65. The van der Waals surface area contributed by atoms with Gasteiger partial charge in [0.1, 0.15) is 0 Å². The standard InChI is InChI=1S/C14H18N4O/c1-3-19-14-10-16-9-13(17-14)18(2)12-6-4-5-11(7-12)8-15/h4-7,9-10H,3,8,15H2,1-2H3. The average molecular weight is 258 g/mol. The van der Waals surface area contributed by atoms with Crippen LogP contribution in [-0.2, 0) is 6.54 Å². The molecule has 2 rings (SSSR count). The Morgan fingerprint density at radius 1 is 1.32 bits per heavy atom. The van der Waals surface area contributed by atoms with E-state index >= 15 is 0 Å². The van der Waals surface area contributed by atoms with Gasteiger partial charge in [0.05, 0.1) is 19.0 Å². The molecule has 0 unspecified atom stereocenters. The van der Waals surface area contributed by atoms with Gasteiger partial charge in [-0.1, -0.05) is 12.1 Å². The normalized spacial score (nSPS) is 10.3. The summed E-state index contributed by atoms with van der Waals surface area (Å²) in [6.45, 7) is 3.01. The number of aromatic nitrogens is 2. The largest absolute Gasteiger partial charge is 0.477 e. The minimum absolute atomic E-state index is 0.520. The Balaban J connectivity index is 2.27. The first kappa shape index (κ1) is 13.3. The molecule has 0 aliphatic heterocycles. The Bertz CT molecular complexity index is 544. The lowest BCUT2D eigenvalue weighted by Gasteiger charge is -2.19. The van der Waals surface area contributed by atoms with Gasteiger partial charge in [-0.25, -0.2) is 0 Å². The Labute approximate surface area is 113 Å². The van der Waals surface area contributed by atoms with E-state index in [0.29, 0.717) is 19.0 Å². The summed E-state index contributed by atoms with van der Waals surface area (Å²) in [5, 5.41) is 0. The van der Waals surface area contributed by atoms with Gasteiger partial charge in [-0.3, -0.25) is 4.98 Å². The van der Waals surface area contributed by atoms with Crippen LogP contribution in [0.5, 0.6) is 5.88 Å². The van der Waals surface area contributed by atoms with Crippen molar-refractivity contribution in [1.82, 2.24) is 9.97 Å². The Kier molecular flexibility index (Phi) is 4.30. The minimum Gasteiger partial charge on any atom is -0.477 e. The summed E-state index contributed by atoms with van der Waals surface area (Å²) in [7, 11) is 1.94. The molecule has 0 aliphatic rings. The van der Waals surface area contributed by atoms with Crippen molar-refractivity contribution >= 4 is 11.5 Å². The molecule has 0 radical (unpaired) electrons. The zero-order chi connectivity index (χ0) is 13.7. The van der Waals surface area contributed by atoms with Gasteiger partial charge in [0.25, 0.3) is 0 Å². The lowest BCUT2D eigenvalue weighted by molar-refractivity contribution is 0.325. The third-order valence-electron chi connectivity index (χ3n) is 2.77. The van der Waals surface area contributed by atoms with E-state index in [1.165, 1.54) is 0 Å². The highest BCUT2D eigenvalue weighted by molar-refractivity contribution is 5.59. The van der Waals surface area contributed by atoms with Crippen LogP contribution in [0.1, 0.15) is 12.5 Å². The van der Waals surface area contributed by atoms with Crippen LogP contribution in [0.15, 0.2) is 36.7 Å². The van der Waals surface area contributed by atoms with E-state index in [4.69, 9.17) is 10.5 Å². The molecular weight excluding hydrogens is 240 g/mol. The smallest absolute Gasteiger partial charge is 0.234 e. The second-order valence-electron chi connectivity index (χ2n) is 4.08. The summed E-state index contributed by atoms with van der Waals surface area (Å²) in [5.74, 6) is 1.27. The molecule has 2 aromatic rings. The molecule has 5 heteroatoms. The summed E-state index contributed by atoms with van der Waals surface area (Å²) >= 11 is 0. The third-order valence-corrected chi connectivity index (χ3v) is 2.77. The van der Waals surface area contributed by atoms with Crippen LogP contribution in [0.2, 0.25) is 0 Å². The van der Waals surface area contributed by atoms with E-state index in [2.05, 4.69) is 9.97 Å². The monoisotopic (exact) mass is 258 g/mol. The van der Waals surface area contributed by atoms with Gasteiger partial charge in [-0.05, 0) is 24.6 Å². The van der Waals surface area contributed by atoms with Crippen molar-refractivity contribution < 1.29 is 4.74 Å². The maximum atomic E-state index is 5.65. The highest BCUT2D eigenvalue weighted by Crippen LogP contribution is 2.23. The summed E-state index contributed by atoms with van der Waals surface area (Å²) in [6.07, 6.45) is 3.31. The highest BCUT2D eigenvalue weighted by atomic mass is 16.5. The molecule has 100 valence electrons. The molecule has 0 amide bonds. The predicted molar refractivity (Wildman–Crippen MR) is 75.6 cm³/mol. The van der Waals surface area contributed by atoms with Crippen LogP contribution < -0.4 is 15.4 Å². The van der Waals surface area contributed by atoms with Gasteiger partial charge in [0.2, 0.25) is 5.88 Å². The zero-order valence-corrected chi connectivity index (χ0v) is 11.2. The van der Waals surface area contributed by atoms with Crippen molar-refractivity contribution in [3.05, 3.63) is 42.2 Å². The third kappa shape index (κ3) is 3.20. The number of nitrogens with two attached hydrogens (primary N) is 1. The number of rotatable bonds is 5. The van der Waals surface area contributed by atoms with E-state index in [-0.39, 0.29) is 0 Å². The Morgan fingerprint density at radius 3 is 2.89 bits per heavy atom. The quantitative estimate of drug-likeness (QED) is 0.889. The Morgan fingerprint density at radius 2 is 2.16 bits per heavy atom. The summed E-state index contributed by atoms with van der Waals surface area (Å²) in [5.41, 5.74) is 7.76. The van der Waals surface area contributed by atoms with Gasteiger partial charge >= 0.3 is 0 Å². The first-order valence-electron chi connectivity index (χ1n) is 6.22. The molecule has 0 spiro atoms. The molecule has 0 fully saturated rings. The molecule has 2 N–H and O–H groups in total. The summed E-state index contributed by atoms with van der Waals surface area (Å²) in [4.78, 5) is 10.5. The Hall–Kier alpha value is -2.14. The number of anilines is 2. The second kappa shape index (κ2) is 6.15. The summed E-state index contributed by atoms with van der Waals surface area (Å²) in [6, 6.07) is 8.02. The molecule has 1 aromatic carbocycles. The van der Waals surface area contributed by atoms with Crippen LogP contribution >= 0.6 is 0 Å². The highest BCUT2D eigenvalue weighted by Gasteiger charge is 2.07. The van der Waals surface area contributed by atoms with Gasteiger partial charge in [-0.2, -0.15) is 4.98 Å². The van der Waals surface area contributed by atoms with Gasteiger partial charge < -0.3 is 15.4 Å². The fourth-order valence-corrected chi connectivity index (χ4v) is 1.74. The van der Waals surface area contributed by atoms with Crippen LogP contribution in [0.3, 0.4) is 0 Å². The predicted octanol–water partition coefficient (Wildman–Crippen LogP) is 2.10. The second-order valence-corrected chi connectivity index (χ2v) is 4.08. The van der Waals surface area contributed by atoms with E-state index < -0.39 is 0 Å². The molecule has 1 heterocycles. The maximum Gasteiger partial charge on any atom is 0.234 e. The van der Waals surface area contributed by atoms with Crippen LogP contribution in [0, 0.1) is 0 Å². The fraction of sp³-hybridized carbons (Fsp3) is 0.286. The SMILES string of the molecule is CCOc1cncc(N(C)c2cccc(CN)c2)n1. The molecule has 0 bridgehead atoms. The lowest BCUT2D eigenvalue weighted by atomic mass is 10.2. The fourth-order valence-electron chi connectivity index (χ4n) is 1.74. The molecular formula is C14H18N4O. The van der Waals surface area contributed by atoms with Crippen LogP contribution in [0.25, 0.3) is 0 Å². The van der Waals surface area contributed by atoms with E-state index in [0.717, 1.165) is 17.1 Å². The zero-order valence-electron chi connectivity index (χ0n) is 11.2. The first-order chi connectivity index (χ1) is 9.24. The average Bonchev–Trinajstić information content (AvgIpc) is 2.47. The lowest BCUT2D eigenvalue weighted by Crippen LogP contribution is -2.12. The van der Waals surface area contributed by atoms with Crippen molar-refractivity contribution in [3.8, 4) is 5.88 Å². The van der Waals surface area contributed by atoms with Crippen LogP contribution in [0.4, 0.5) is 11.5 Å². The van der Waals surface area contributed by atoms with Crippen molar-refractivity contribution in [2.45, 2.75) is 13.5 Å². The van der Waals surface area contributed by atoms with Gasteiger partial charge in [-0.15, -0.1) is 0 Å². The van der Waals surface area contributed by atoms with Crippen molar-refractivity contribution in [2.24, 2.45) is 5.73 Å². The molecule has 19 heavy (non-hydrogen) atoms. The topological polar surface area (TPSA) is 64.3 Å². The van der Waals surface area contributed by atoms with E-state index in [1.54, 1.807) is 12.4 Å². The van der Waals surface area contributed by atoms with Crippen molar-refractivity contribution in [3.63, 3.8) is 0 Å². The van der Waals surface area contributed by atoms with E-state index in [9.17, 15) is 0 Å². The molecule has 1 aromatic heterocycles. The number of nitrogens with zero attached hydrogens (tertiary/aromatic N) is 3. The van der Waals surface area contributed by atoms with Gasteiger partial charge in [0, 0.05) is 19.3 Å². The number of benzene rings is 1. The molecule has 5 nitrogen and oxygen atoms in total. The van der Waals surface area contributed by atoms with Gasteiger partial charge in [0.15, 0.2) is 5.82 Å². The molecule has 0 aliphatic carbocycles. The molecule has 0 saturated heterocycles. The number of hydrogen-bond donors (Lipinski definition) is 1. The van der Waals surface area contributed by atoms with Crippen molar-refractivity contribution in [1.29, 1.82) is 0 Å². The summed E-state index contributed by atoms with van der Waals surface area (Å²) < 4.78 is 5.36. The first-order valence-corrected chi connectivity index (χ1v) is 6.22. The van der Waals surface area contributed by atoms with E-state index in [1.807, 2.05) is 43.1 Å².